The van der Waals surface area contributed by atoms with Crippen LogP contribution in [0.5, 0.6) is 0 Å². The van der Waals surface area contributed by atoms with Gasteiger partial charge in [-0.2, -0.15) is 0 Å². The van der Waals surface area contributed by atoms with E-state index in [2.05, 4.69) is 15.3 Å². The Morgan fingerprint density at radius 3 is 2.92 bits per heavy atom. The van der Waals surface area contributed by atoms with Gasteiger partial charge in [0.05, 0.1) is 12.4 Å². The number of hydrogen-bond acceptors (Lipinski definition) is 2. The Hall–Kier alpha value is -1.19. The van der Waals surface area contributed by atoms with Crippen molar-refractivity contribution in [2.24, 2.45) is 9.98 Å². The molecule has 4 heteroatoms. The van der Waals surface area contributed by atoms with Crippen molar-refractivity contribution < 1.29 is 4.39 Å². The molecule has 0 fully saturated rings. The molecular weight excluding hydrogens is 169 g/mol. The summed E-state index contributed by atoms with van der Waals surface area (Å²) in [5.74, 6) is 0.898. The minimum atomic E-state index is -0.439. The summed E-state index contributed by atoms with van der Waals surface area (Å²) in [5, 5.41) is 3.06. The van der Waals surface area contributed by atoms with Gasteiger partial charge in [0.25, 0.3) is 0 Å². The fraction of sp³-hybridized carbons (Fsp3) is 0.556. The molecule has 0 aromatic carbocycles. The second kappa shape index (κ2) is 8.90. The van der Waals surface area contributed by atoms with Gasteiger partial charge >= 0.3 is 0 Å². The van der Waals surface area contributed by atoms with Gasteiger partial charge in [0, 0.05) is 19.8 Å². The second-order valence-electron chi connectivity index (χ2n) is 2.37. The molecule has 0 aromatic rings. The molecule has 0 aromatic heterocycles. The highest BCUT2D eigenvalue weighted by Gasteiger charge is 1.84. The van der Waals surface area contributed by atoms with Crippen molar-refractivity contribution in [1.29, 1.82) is 0 Å². The van der Waals surface area contributed by atoms with E-state index in [4.69, 9.17) is 0 Å². The highest BCUT2D eigenvalue weighted by atomic mass is 19.1. The van der Waals surface area contributed by atoms with Crippen molar-refractivity contribution in [3.63, 3.8) is 0 Å². The van der Waals surface area contributed by atoms with Crippen LogP contribution >= 0.6 is 0 Å². The summed E-state index contributed by atoms with van der Waals surface area (Å²) in [6.45, 7) is 2.88. The molecule has 0 atom stereocenters. The standard InChI is InChI=1S/C9H16FN3/c1-9(11-2)13-8-7-12-6-4-3-5-10/h3-4,6H,5,7-8H2,1-2H3,(H,11,13)/b4-3-,12-6-. The molecule has 1 N–H and O–H groups in total. The van der Waals surface area contributed by atoms with E-state index in [0.717, 1.165) is 12.4 Å². The van der Waals surface area contributed by atoms with Crippen molar-refractivity contribution in [3.05, 3.63) is 12.2 Å². The second-order valence-corrected chi connectivity index (χ2v) is 2.37. The van der Waals surface area contributed by atoms with E-state index in [-0.39, 0.29) is 0 Å². The van der Waals surface area contributed by atoms with Crippen LogP contribution in [0, 0.1) is 0 Å². The first-order chi connectivity index (χ1) is 6.31. The summed E-state index contributed by atoms with van der Waals surface area (Å²) in [6.07, 6.45) is 4.61. The lowest BCUT2D eigenvalue weighted by atomic mass is 10.5. The summed E-state index contributed by atoms with van der Waals surface area (Å²) in [7, 11) is 1.73. The first-order valence-corrected chi connectivity index (χ1v) is 4.19. The smallest absolute Gasteiger partial charge is 0.108 e. The number of hydrogen-bond donors (Lipinski definition) is 1. The predicted octanol–water partition coefficient (Wildman–Crippen LogP) is 1.22. The van der Waals surface area contributed by atoms with Gasteiger partial charge in [-0.15, -0.1) is 0 Å². The van der Waals surface area contributed by atoms with Crippen LogP contribution in [0.4, 0.5) is 4.39 Å². The van der Waals surface area contributed by atoms with E-state index in [1.807, 2.05) is 6.92 Å². The molecule has 0 aliphatic heterocycles. The summed E-state index contributed by atoms with van der Waals surface area (Å²) in [4.78, 5) is 7.94. The Bertz CT molecular complexity index is 197. The van der Waals surface area contributed by atoms with Crippen LogP contribution in [-0.2, 0) is 0 Å². The fourth-order valence-corrected chi connectivity index (χ4v) is 0.628. The average molecular weight is 185 g/mol. The van der Waals surface area contributed by atoms with Crippen LogP contribution < -0.4 is 5.32 Å². The maximum absolute atomic E-state index is 11.5. The molecule has 0 heterocycles. The van der Waals surface area contributed by atoms with E-state index in [9.17, 15) is 4.39 Å². The SMILES string of the molecule is C/N=C(\C)NCC/N=C\C=C/CF. The van der Waals surface area contributed by atoms with Gasteiger partial charge in [-0.25, -0.2) is 4.39 Å². The number of nitrogens with zero attached hydrogens (tertiary/aromatic N) is 2. The summed E-state index contributed by atoms with van der Waals surface area (Å²) in [5.41, 5.74) is 0. The van der Waals surface area contributed by atoms with E-state index < -0.39 is 6.67 Å². The normalized spacial score (nSPS) is 13.0. The largest absolute Gasteiger partial charge is 0.372 e. The number of aliphatic imine (C=N–C) groups is 2. The Balaban J connectivity index is 3.35. The number of allylic oxidation sites excluding steroid dienone is 2. The lowest BCUT2D eigenvalue weighted by Crippen LogP contribution is -2.23. The molecule has 0 saturated carbocycles. The Morgan fingerprint density at radius 1 is 1.54 bits per heavy atom. The molecular formula is C9H16FN3. The van der Waals surface area contributed by atoms with Crippen molar-refractivity contribution >= 4 is 12.1 Å². The molecule has 3 nitrogen and oxygen atoms in total. The van der Waals surface area contributed by atoms with Crippen LogP contribution in [0.1, 0.15) is 6.92 Å². The zero-order valence-corrected chi connectivity index (χ0v) is 8.13. The molecule has 0 bridgehead atoms. The lowest BCUT2D eigenvalue weighted by Gasteiger charge is -2.00. The van der Waals surface area contributed by atoms with Gasteiger partial charge in [0.2, 0.25) is 0 Å². The third kappa shape index (κ3) is 8.72. The highest BCUT2D eigenvalue weighted by Crippen LogP contribution is 1.73. The quantitative estimate of drug-likeness (QED) is 0.390. The molecule has 0 aliphatic carbocycles. The molecule has 74 valence electrons. The number of alkyl halides is 1. The van der Waals surface area contributed by atoms with Gasteiger partial charge in [-0.05, 0) is 13.0 Å². The topological polar surface area (TPSA) is 36.8 Å². The first kappa shape index (κ1) is 11.8. The van der Waals surface area contributed by atoms with Crippen molar-refractivity contribution in [2.45, 2.75) is 6.92 Å². The molecule has 0 radical (unpaired) electrons. The van der Waals surface area contributed by atoms with E-state index in [1.54, 1.807) is 19.3 Å². The Labute approximate surface area is 78.5 Å². The molecule has 0 amide bonds. The Kier molecular flexibility index (Phi) is 8.09. The molecule has 0 unspecified atom stereocenters. The number of nitrogens with one attached hydrogen (secondary N) is 1. The number of halogens is 1. The van der Waals surface area contributed by atoms with Gasteiger partial charge in [-0.1, -0.05) is 6.08 Å². The van der Waals surface area contributed by atoms with Gasteiger partial charge in [0.1, 0.15) is 6.67 Å². The third-order valence-corrected chi connectivity index (χ3v) is 1.37. The maximum Gasteiger partial charge on any atom is 0.108 e. The predicted molar refractivity (Wildman–Crippen MR) is 55.5 cm³/mol. The Morgan fingerprint density at radius 2 is 2.31 bits per heavy atom. The summed E-state index contributed by atoms with van der Waals surface area (Å²) in [6, 6.07) is 0. The van der Waals surface area contributed by atoms with Crippen LogP contribution in [-0.4, -0.2) is 38.9 Å². The molecule has 13 heavy (non-hydrogen) atoms. The minimum Gasteiger partial charge on any atom is -0.372 e. The minimum absolute atomic E-state index is 0.439. The molecule has 0 aliphatic rings. The molecule has 0 rings (SSSR count). The van der Waals surface area contributed by atoms with Crippen LogP contribution in [0.15, 0.2) is 22.1 Å². The maximum atomic E-state index is 11.5. The first-order valence-electron chi connectivity index (χ1n) is 4.19. The van der Waals surface area contributed by atoms with Gasteiger partial charge in [0.15, 0.2) is 0 Å². The fourth-order valence-electron chi connectivity index (χ4n) is 0.628. The number of rotatable bonds is 5. The van der Waals surface area contributed by atoms with Gasteiger partial charge < -0.3 is 5.32 Å². The monoisotopic (exact) mass is 185 g/mol. The van der Waals surface area contributed by atoms with Crippen LogP contribution in [0.25, 0.3) is 0 Å². The zero-order valence-electron chi connectivity index (χ0n) is 8.13. The van der Waals surface area contributed by atoms with Crippen LogP contribution in [0.3, 0.4) is 0 Å². The number of amidine groups is 1. The van der Waals surface area contributed by atoms with Crippen molar-refractivity contribution in [1.82, 2.24) is 5.32 Å². The molecule has 0 saturated heterocycles. The summed E-state index contributed by atoms with van der Waals surface area (Å²) >= 11 is 0. The lowest BCUT2D eigenvalue weighted by molar-refractivity contribution is 0.562. The average Bonchev–Trinajstić information content (AvgIpc) is 2.16. The third-order valence-electron chi connectivity index (χ3n) is 1.37. The summed E-state index contributed by atoms with van der Waals surface area (Å²) < 4.78 is 11.5. The van der Waals surface area contributed by atoms with E-state index >= 15 is 0 Å². The highest BCUT2D eigenvalue weighted by molar-refractivity contribution is 5.79. The molecule has 0 spiro atoms. The van der Waals surface area contributed by atoms with Crippen molar-refractivity contribution in [2.75, 3.05) is 26.8 Å². The van der Waals surface area contributed by atoms with E-state index in [0.29, 0.717) is 6.54 Å². The van der Waals surface area contributed by atoms with E-state index in [1.165, 1.54) is 6.08 Å². The zero-order chi connectivity index (χ0) is 9.94. The van der Waals surface area contributed by atoms with Gasteiger partial charge in [-0.3, -0.25) is 9.98 Å². The van der Waals surface area contributed by atoms with Crippen molar-refractivity contribution in [3.8, 4) is 0 Å². The van der Waals surface area contributed by atoms with Crippen LogP contribution in [0.2, 0.25) is 0 Å².